The van der Waals surface area contributed by atoms with Gasteiger partial charge in [-0.1, -0.05) is 18.0 Å². The molecule has 1 amide bonds. The molecular weight excluding hydrogens is 268 g/mol. The predicted molar refractivity (Wildman–Crippen MR) is 78.5 cm³/mol. The van der Waals surface area contributed by atoms with Gasteiger partial charge in [0.25, 0.3) is 5.91 Å². The molecule has 1 aliphatic carbocycles. The molecule has 0 aromatic carbocycles. The lowest BCUT2D eigenvalue weighted by molar-refractivity contribution is 0.0933. The van der Waals surface area contributed by atoms with Crippen molar-refractivity contribution in [1.29, 1.82) is 0 Å². The second-order valence-corrected chi connectivity index (χ2v) is 5.33. The Balaban J connectivity index is 1.61. The van der Waals surface area contributed by atoms with Gasteiger partial charge < -0.3 is 15.2 Å². The fourth-order valence-corrected chi connectivity index (χ4v) is 2.50. The van der Waals surface area contributed by atoms with Gasteiger partial charge in [-0.3, -0.25) is 4.79 Å². The number of nitrogens with one attached hydrogen (secondary N) is 2. The third-order valence-electron chi connectivity index (χ3n) is 3.59. The van der Waals surface area contributed by atoms with Crippen molar-refractivity contribution in [3.63, 3.8) is 0 Å². The van der Waals surface area contributed by atoms with Gasteiger partial charge in [0.05, 0.1) is 11.9 Å². The lowest BCUT2D eigenvalue weighted by Gasteiger charge is -2.11. The summed E-state index contributed by atoms with van der Waals surface area (Å²) in [5.74, 6) is 1.25. The van der Waals surface area contributed by atoms with Crippen molar-refractivity contribution < 1.29 is 9.32 Å². The number of hydrogen-bond acceptors (Lipinski definition) is 5. The van der Waals surface area contributed by atoms with Crippen LogP contribution in [0.4, 0.5) is 11.5 Å². The number of carbonyl (C=O) groups is 1. The van der Waals surface area contributed by atoms with E-state index in [2.05, 4.69) is 20.8 Å². The lowest BCUT2D eigenvalue weighted by atomic mass is 10.2. The Kier molecular flexibility index (Phi) is 3.85. The number of carbonyl (C=O) groups excluding carboxylic acids is 1. The molecule has 2 aromatic rings. The number of amides is 1. The third kappa shape index (κ3) is 3.39. The van der Waals surface area contributed by atoms with E-state index in [0.717, 1.165) is 24.3 Å². The Morgan fingerprint density at radius 3 is 2.76 bits per heavy atom. The first-order valence-electron chi connectivity index (χ1n) is 7.18. The molecule has 0 spiro atoms. The summed E-state index contributed by atoms with van der Waals surface area (Å²) < 4.78 is 4.98. The van der Waals surface area contributed by atoms with Gasteiger partial charge in [0, 0.05) is 12.1 Å². The zero-order valence-corrected chi connectivity index (χ0v) is 11.9. The van der Waals surface area contributed by atoms with E-state index in [0.29, 0.717) is 17.6 Å². The quantitative estimate of drug-likeness (QED) is 0.903. The number of anilines is 2. The maximum absolute atomic E-state index is 12.1. The molecule has 3 rings (SSSR count). The van der Waals surface area contributed by atoms with Crippen molar-refractivity contribution in [2.75, 3.05) is 5.32 Å². The molecule has 2 aromatic heterocycles. The van der Waals surface area contributed by atoms with Gasteiger partial charge in [0.1, 0.15) is 11.5 Å². The summed E-state index contributed by atoms with van der Waals surface area (Å²) in [7, 11) is 0. The number of aromatic nitrogens is 2. The van der Waals surface area contributed by atoms with Crippen LogP contribution in [0.2, 0.25) is 0 Å². The van der Waals surface area contributed by atoms with Crippen molar-refractivity contribution in [1.82, 2.24) is 15.5 Å². The Morgan fingerprint density at radius 1 is 1.33 bits per heavy atom. The molecule has 21 heavy (non-hydrogen) atoms. The predicted octanol–water partition coefficient (Wildman–Crippen LogP) is 2.79. The SMILES string of the molecule is Cc1cc(Nc2ccc(C(=O)NC3CCCC3)nc2)no1. The molecule has 0 aliphatic heterocycles. The highest BCUT2D eigenvalue weighted by Crippen LogP contribution is 2.18. The van der Waals surface area contributed by atoms with Crippen LogP contribution < -0.4 is 10.6 Å². The fraction of sp³-hybridized carbons (Fsp3) is 0.400. The highest BCUT2D eigenvalue weighted by molar-refractivity contribution is 5.92. The first-order chi connectivity index (χ1) is 10.2. The molecule has 110 valence electrons. The molecule has 2 N–H and O–H groups in total. The summed E-state index contributed by atoms with van der Waals surface area (Å²) in [6, 6.07) is 5.61. The number of rotatable bonds is 4. The lowest BCUT2D eigenvalue weighted by Crippen LogP contribution is -2.33. The monoisotopic (exact) mass is 286 g/mol. The first-order valence-corrected chi connectivity index (χ1v) is 7.18. The summed E-state index contributed by atoms with van der Waals surface area (Å²) in [6.07, 6.45) is 6.14. The van der Waals surface area contributed by atoms with E-state index >= 15 is 0 Å². The minimum Gasteiger partial charge on any atom is -0.360 e. The van der Waals surface area contributed by atoms with E-state index in [1.165, 1.54) is 12.8 Å². The molecule has 1 fully saturated rings. The van der Waals surface area contributed by atoms with Crippen molar-refractivity contribution in [3.8, 4) is 0 Å². The maximum atomic E-state index is 12.1. The summed E-state index contributed by atoms with van der Waals surface area (Å²) in [6.45, 7) is 1.83. The van der Waals surface area contributed by atoms with E-state index in [-0.39, 0.29) is 5.91 Å². The topological polar surface area (TPSA) is 80.0 Å². The minimum atomic E-state index is -0.106. The van der Waals surface area contributed by atoms with Crippen LogP contribution in [0, 0.1) is 6.92 Å². The van der Waals surface area contributed by atoms with Gasteiger partial charge >= 0.3 is 0 Å². The average molecular weight is 286 g/mol. The van der Waals surface area contributed by atoms with Crippen LogP contribution in [-0.2, 0) is 0 Å². The number of nitrogens with zero attached hydrogens (tertiary/aromatic N) is 2. The molecule has 0 atom stereocenters. The van der Waals surface area contributed by atoms with Gasteiger partial charge in [0.2, 0.25) is 0 Å². The molecule has 2 heterocycles. The Hall–Kier alpha value is -2.37. The van der Waals surface area contributed by atoms with Gasteiger partial charge in [-0.25, -0.2) is 4.98 Å². The zero-order valence-electron chi connectivity index (χ0n) is 11.9. The standard InChI is InChI=1S/C15H18N4O2/c1-10-8-14(19-21-10)17-12-6-7-13(16-9-12)15(20)18-11-4-2-3-5-11/h6-9,11H,2-5H2,1H3,(H,17,19)(H,18,20). The minimum absolute atomic E-state index is 0.106. The largest absolute Gasteiger partial charge is 0.360 e. The van der Waals surface area contributed by atoms with Crippen molar-refractivity contribution in [2.45, 2.75) is 38.6 Å². The molecule has 0 saturated heterocycles. The van der Waals surface area contributed by atoms with E-state index in [9.17, 15) is 4.79 Å². The highest BCUT2D eigenvalue weighted by Gasteiger charge is 2.18. The van der Waals surface area contributed by atoms with E-state index < -0.39 is 0 Å². The van der Waals surface area contributed by atoms with Crippen molar-refractivity contribution >= 4 is 17.4 Å². The second-order valence-electron chi connectivity index (χ2n) is 5.33. The highest BCUT2D eigenvalue weighted by atomic mass is 16.5. The summed E-state index contributed by atoms with van der Waals surface area (Å²) in [4.78, 5) is 16.2. The van der Waals surface area contributed by atoms with Gasteiger partial charge in [-0.2, -0.15) is 0 Å². The molecular formula is C15H18N4O2. The summed E-state index contributed by atoms with van der Waals surface area (Å²) in [5.41, 5.74) is 1.20. The van der Waals surface area contributed by atoms with E-state index in [1.807, 2.05) is 6.92 Å². The van der Waals surface area contributed by atoms with Crippen molar-refractivity contribution in [3.05, 3.63) is 35.9 Å². The van der Waals surface area contributed by atoms with Crippen LogP contribution in [-0.4, -0.2) is 22.1 Å². The third-order valence-corrected chi connectivity index (χ3v) is 3.59. The summed E-state index contributed by atoms with van der Waals surface area (Å²) >= 11 is 0. The Bertz CT molecular complexity index is 615. The fourth-order valence-electron chi connectivity index (χ4n) is 2.50. The van der Waals surface area contributed by atoms with Crippen LogP contribution in [0.5, 0.6) is 0 Å². The van der Waals surface area contributed by atoms with Crippen LogP contribution in [0.3, 0.4) is 0 Å². The molecule has 1 saturated carbocycles. The van der Waals surface area contributed by atoms with E-state index in [4.69, 9.17) is 4.52 Å². The number of pyridine rings is 1. The molecule has 6 nitrogen and oxygen atoms in total. The molecule has 0 bridgehead atoms. The van der Waals surface area contributed by atoms with Crippen LogP contribution in [0.25, 0.3) is 0 Å². The molecule has 0 radical (unpaired) electrons. The normalized spacial score (nSPS) is 15.1. The van der Waals surface area contributed by atoms with Crippen LogP contribution in [0.15, 0.2) is 28.9 Å². The number of aryl methyl sites for hydroxylation is 1. The molecule has 6 heteroatoms. The van der Waals surface area contributed by atoms with Gasteiger partial charge in [-0.15, -0.1) is 0 Å². The van der Waals surface area contributed by atoms with Crippen LogP contribution in [0.1, 0.15) is 41.9 Å². The van der Waals surface area contributed by atoms with Crippen molar-refractivity contribution in [2.24, 2.45) is 0 Å². The Labute approximate surface area is 122 Å². The molecule has 1 aliphatic rings. The first kappa shape index (κ1) is 13.6. The van der Waals surface area contributed by atoms with Gasteiger partial charge in [-0.05, 0) is 31.9 Å². The average Bonchev–Trinajstić information content (AvgIpc) is 3.12. The smallest absolute Gasteiger partial charge is 0.270 e. The van der Waals surface area contributed by atoms with Gasteiger partial charge in [0.15, 0.2) is 5.82 Å². The van der Waals surface area contributed by atoms with Crippen LogP contribution >= 0.6 is 0 Å². The summed E-state index contributed by atoms with van der Waals surface area (Å²) in [5, 5.41) is 9.93. The maximum Gasteiger partial charge on any atom is 0.270 e. The molecule has 0 unspecified atom stereocenters. The van der Waals surface area contributed by atoms with E-state index in [1.54, 1.807) is 24.4 Å². The second kappa shape index (κ2) is 5.95. The number of hydrogen-bond donors (Lipinski definition) is 2. The Morgan fingerprint density at radius 2 is 2.14 bits per heavy atom. The zero-order chi connectivity index (χ0) is 14.7.